The molecule has 0 heterocycles. The van der Waals surface area contributed by atoms with Crippen LogP contribution in [0.3, 0.4) is 0 Å². The third-order valence-corrected chi connectivity index (χ3v) is 3.58. The van der Waals surface area contributed by atoms with E-state index in [0.29, 0.717) is 12.3 Å². The second-order valence-corrected chi connectivity index (χ2v) is 5.09. The molecule has 0 saturated carbocycles. The Balaban J connectivity index is 2.28. The molecule has 0 fully saturated rings. The van der Waals surface area contributed by atoms with Gasteiger partial charge in [-0.25, -0.2) is 0 Å². The number of hydrogen-bond acceptors (Lipinski definition) is 2. The molecule has 2 aromatic carbocycles. The molecule has 0 saturated heterocycles. The number of methoxy groups -OCH3 is 1. The molecule has 0 radical (unpaired) electrons. The van der Waals surface area contributed by atoms with Gasteiger partial charge in [0.25, 0.3) is 0 Å². The highest BCUT2D eigenvalue weighted by Crippen LogP contribution is 2.27. The fraction of sp³-hybridized carbons (Fsp3) is 0.278. The van der Waals surface area contributed by atoms with Gasteiger partial charge in [-0.3, -0.25) is 5.41 Å². The average Bonchev–Trinajstić information content (AvgIpc) is 2.45. The van der Waals surface area contributed by atoms with Crippen LogP contribution in [-0.4, -0.2) is 13.0 Å². The van der Waals surface area contributed by atoms with Gasteiger partial charge >= 0.3 is 0 Å². The second kappa shape index (κ2) is 6.38. The van der Waals surface area contributed by atoms with E-state index in [1.54, 1.807) is 7.11 Å². The molecular formula is C18H21NO. The number of aryl methyl sites for hydroxylation is 3. The van der Waals surface area contributed by atoms with Crippen LogP contribution in [0.25, 0.3) is 11.1 Å². The molecule has 0 aliphatic rings. The van der Waals surface area contributed by atoms with Crippen molar-refractivity contribution in [2.24, 2.45) is 0 Å². The summed E-state index contributed by atoms with van der Waals surface area (Å²) < 4.78 is 4.91. The summed E-state index contributed by atoms with van der Waals surface area (Å²) in [5.41, 5.74) is 6.41. The Hall–Kier alpha value is -2.09. The Morgan fingerprint density at radius 3 is 2.35 bits per heavy atom. The largest absolute Gasteiger partial charge is 0.484 e. The molecule has 0 bridgehead atoms. The normalized spacial score (nSPS) is 10.3. The van der Waals surface area contributed by atoms with Gasteiger partial charge in [0, 0.05) is 6.42 Å². The van der Waals surface area contributed by atoms with Gasteiger partial charge in [-0.2, -0.15) is 0 Å². The van der Waals surface area contributed by atoms with Crippen LogP contribution in [0.1, 0.15) is 23.1 Å². The lowest BCUT2D eigenvalue weighted by atomic mass is 9.94. The van der Waals surface area contributed by atoms with Gasteiger partial charge in [-0.1, -0.05) is 42.5 Å². The number of benzene rings is 2. The SMILES string of the molecule is COC(=N)CCc1cccc(-c2c(C)cccc2C)c1. The fourth-order valence-electron chi connectivity index (χ4n) is 2.51. The summed E-state index contributed by atoms with van der Waals surface area (Å²) in [5.74, 6) is 0.336. The van der Waals surface area contributed by atoms with Crippen molar-refractivity contribution in [3.8, 4) is 11.1 Å². The summed E-state index contributed by atoms with van der Waals surface area (Å²) in [5, 5.41) is 7.55. The van der Waals surface area contributed by atoms with Crippen LogP contribution < -0.4 is 0 Å². The predicted octanol–water partition coefficient (Wildman–Crippen LogP) is 4.53. The van der Waals surface area contributed by atoms with E-state index in [1.165, 1.54) is 27.8 Å². The summed E-state index contributed by atoms with van der Waals surface area (Å²) in [6, 6.07) is 15.0. The summed E-state index contributed by atoms with van der Waals surface area (Å²) in [7, 11) is 1.55. The van der Waals surface area contributed by atoms with Crippen molar-refractivity contribution in [2.45, 2.75) is 26.7 Å². The Morgan fingerprint density at radius 2 is 1.70 bits per heavy atom. The summed E-state index contributed by atoms with van der Waals surface area (Å²) >= 11 is 0. The number of hydrogen-bond donors (Lipinski definition) is 1. The molecule has 104 valence electrons. The highest BCUT2D eigenvalue weighted by molar-refractivity contribution is 5.73. The molecule has 2 rings (SSSR count). The van der Waals surface area contributed by atoms with E-state index < -0.39 is 0 Å². The minimum Gasteiger partial charge on any atom is -0.484 e. The molecule has 2 heteroatoms. The Kier molecular flexibility index (Phi) is 4.57. The maximum Gasteiger partial charge on any atom is 0.180 e. The molecule has 0 atom stereocenters. The maximum absolute atomic E-state index is 7.55. The summed E-state index contributed by atoms with van der Waals surface area (Å²) in [4.78, 5) is 0. The van der Waals surface area contributed by atoms with E-state index in [1.807, 2.05) is 0 Å². The fourth-order valence-corrected chi connectivity index (χ4v) is 2.51. The van der Waals surface area contributed by atoms with Crippen molar-refractivity contribution < 1.29 is 4.74 Å². The first-order valence-corrected chi connectivity index (χ1v) is 6.88. The minimum atomic E-state index is 0.336. The van der Waals surface area contributed by atoms with Crippen LogP contribution in [0.15, 0.2) is 42.5 Å². The minimum absolute atomic E-state index is 0.336. The van der Waals surface area contributed by atoms with Gasteiger partial charge in [0.1, 0.15) is 0 Å². The highest BCUT2D eigenvalue weighted by atomic mass is 16.5. The molecule has 0 aromatic heterocycles. The molecule has 0 unspecified atom stereocenters. The monoisotopic (exact) mass is 267 g/mol. The van der Waals surface area contributed by atoms with Gasteiger partial charge in [-0.15, -0.1) is 0 Å². The van der Waals surface area contributed by atoms with Gasteiger partial charge in [0.05, 0.1) is 7.11 Å². The van der Waals surface area contributed by atoms with E-state index >= 15 is 0 Å². The summed E-state index contributed by atoms with van der Waals surface area (Å²) in [6.07, 6.45) is 1.48. The second-order valence-electron chi connectivity index (χ2n) is 5.09. The van der Waals surface area contributed by atoms with Crippen LogP contribution >= 0.6 is 0 Å². The zero-order valence-electron chi connectivity index (χ0n) is 12.4. The molecule has 0 spiro atoms. The molecule has 2 aromatic rings. The van der Waals surface area contributed by atoms with E-state index in [9.17, 15) is 0 Å². The number of ether oxygens (including phenoxy) is 1. The van der Waals surface area contributed by atoms with Gasteiger partial charge in [0.15, 0.2) is 5.90 Å². The smallest absolute Gasteiger partial charge is 0.180 e. The Morgan fingerprint density at radius 1 is 1.05 bits per heavy atom. The first kappa shape index (κ1) is 14.3. The first-order valence-electron chi connectivity index (χ1n) is 6.88. The van der Waals surface area contributed by atoms with Crippen LogP contribution in [0.2, 0.25) is 0 Å². The van der Waals surface area contributed by atoms with Crippen molar-refractivity contribution >= 4 is 5.90 Å². The molecule has 2 nitrogen and oxygen atoms in total. The average molecular weight is 267 g/mol. The van der Waals surface area contributed by atoms with E-state index in [-0.39, 0.29) is 0 Å². The quantitative estimate of drug-likeness (QED) is 0.641. The van der Waals surface area contributed by atoms with Gasteiger partial charge < -0.3 is 4.74 Å². The standard InChI is InChI=1S/C18H21NO/c1-13-6-4-7-14(2)18(13)16-9-5-8-15(12-16)10-11-17(19)20-3/h4-9,12,19H,10-11H2,1-3H3. The van der Waals surface area contributed by atoms with Crippen molar-refractivity contribution in [3.63, 3.8) is 0 Å². The van der Waals surface area contributed by atoms with E-state index in [2.05, 4.69) is 56.3 Å². The Bertz CT molecular complexity index is 596. The number of nitrogens with one attached hydrogen (secondary N) is 1. The maximum atomic E-state index is 7.55. The zero-order chi connectivity index (χ0) is 14.5. The first-order chi connectivity index (χ1) is 9.61. The lowest BCUT2D eigenvalue weighted by Crippen LogP contribution is -2.01. The lowest BCUT2D eigenvalue weighted by Gasteiger charge is -2.11. The van der Waals surface area contributed by atoms with Crippen molar-refractivity contribution in [1.82, 2.24) is 0 Å². The van der Waals surface area contributed by atoms with Crippen molar-refractivity contribution in [1.29, 1.82) is 5.41 Å². The zero-order valence-corrected chi connectivity index (χ0v) is 12.4. The molecule has 0 aliphatic heterocycles. The molecular weight excluding hydrogens is 246 g/mol. The topological polar surface area (TPSA) is 33.1 Å². The van der Waals surface area contributed by atoms with E-state index in [4.69, 9.17) is 10.1 Å². The lowest BCUT2D eigenvalue weighted by molar-refractivity contribution is 0.386. The molecule has 20 heavy (non-hydrogen) atoms. The van der Waals surface area contributed by atoms with Crippen LogP contribution in [-0.2, 0) is 11.2 Å². The Labute approximate surface area is 120 Å². The van der Waals surface area contributed by atoms with Crippen molar-refractivity contribution in [2.75, 3.05) is 7.11 Å². The third kappa shape index (κ3) is 3.27. The van der Waals surface area contributed by atoms with E-state index in [0.717, 1.165) is 6.42 Å². The molecule has 0 aliphatic carbocycles. The highest BCUT2D eigenvalue weighted by Gasteiger charge is 2.06. The van der Waals surface area contributed by atoms with Crippen LogP contribution in [0, 0.1) is 19.3 Å². The van der Waals surface area contributed by atoms with Gasteiger partial charge in [-0.05, 0) is 48.1 Å². The third-order valence-electron chi connectivity index (χ3n) is 3.58. The predicted molar refractivity (Wildman–Crippen MR) is 84.4 cm³/mol. The van der Waals surface area contributed by atoms with Crippen molar-refractivity contribution in [3.05, 3.63) is 59.2 Å². The molecule has 1 N–H and O–H groups in total. The van der Waals surface area contributed by atoms with Crippen LogP contribution in [0.5, 0.6) is 0 Å². The van der Waals surface area contributed by atoms with Gasteiger partial charge in [0.2, 0.25) is 0 Å². The number of rotatable bonds is 4. The van der Waals surface area contributed by atoms with Crippen LogP contribution in [0.4, 0.5) is 0 Å². The molecule has 0 amide bonds. The summed E-state index contributed by atoms with van der Waals surface area (Å²) in [6.45, 7) is 4.30.